The molecule has 1 aliphatic heterocycles. The molecule has 0 amide bonds. The Kier molecular flexibility index (Phi) is 2.88. The number of hydrogen-bond acceptors (Lipinski definition) is 3. The first-order chi connectivity index (χ1) is 4.61. The van der Waals surface area contributed by atoms with Crippen LogP contribution in [0.2, 0.25) is 0 Å². The van der Waals surface area contributed by atoms with Crippen molar-refractivity contribution in [1.82, 2.24) is 9.80 Å². The number of thioether (sulfide) groups is 1. The van der Waals surface area contributed by atoms with Crippen LogP contribution in [0, 0.1) is 0 Å². The first-order valence-corrected chi connectivity index (χ1v) is 4.99. The number of nitrogens with zero attached hydrogens (tertiary/aromatic N) is 2. The summed E-state index contributed by atoms with van der Waals surface area (Å²) >= 11 is 4.23. The molecule has 0 spiro atoms. The maximum atomic E-state index is 2.35. The molecule has 2 nitrogen and oxygen atoms in total. The molecule has 0 radical (unpaired) electrons. The summed E-state index contributed by atoms with van der Waals surface area (Å²) in [6, 6.07) is 0. The van der Waals surface area contributed by atoms with E-state index in [0.29, 0.717) is 5.50 Å². The molecule has 1 atom stereocenters. The van der Waals surface area contributed by atoms with Gasteiger partial charge in [-0.15, -0.1) is 0 Å². The van der Waals surface area contributed by atoms with Gasteiger partial charge < -0.3 is 4.90 Å². The Hall–Kier alpha value is 0.580. The molecule has 1 aliphatic rings. The molecular formula is C6H11IN2S. The molecule has 0 aromatic rings. The Labute approximate surface area is 79.8 Å². The fourth-order valence-corrected chi connectivity index (χ4v) is 2.90. The lowest BCUT2D eigenvalue weighted by Gasteiger charge is -2.25. The SMILES string of the molecule is CN(C)C1SC(I)=CN1C. The first kappa shape index (κ1) is 8.67. The van der Waals surface area contributed by atoms with Crippen LogP contribution >= 0.6 is 34.4 Å². The minimum absolute atomic E-state index is 0.492. The van der Waals surface area contributed by atoms with E-state index >= 15 is 0 Å². The summed E-state index contributed by atoms with van der Waals surface area (Å²) in [5.74, 6) is 0. The van der Waals surface area contributed by atoms with Gasteiger partial charge in [0.2, 0.25) is 0 Å². The van der Waals surface area contributed by atoms with Gasteiger partial charge in [-0.05, 0) is 36.7 Å². The van der Waals surface area contributed by atoms with Crippen LogP contribution in [0.4, 0.5) is 0 Å². The Morgan fingerprint density at radius 2 is 2.30 bits per heavy atom. The van der Waals surface area contributed by atoms with Crippen molar-refractivity contribution < 1.29 is 0 Å². The molecule has 0 aromatic carbocycles. The fraction of sp³-hybridized carbons (Fsp3) is 0.667. The zero-order valence-electron chi connectivity index (χ0n) is 6.34. The molecular weight excluding hydrogens is 259 g/mol. The molecule has 1 heterocycles. The van der Waals surface area contributed by atoms with Crippen molar-refractivity contribution in [3.05, 3.63) is 9.11 Å². The van der Waals surface area contributed by atoms with E-state index in [1.54, 1.807) is 0 Å². The lowest BCUT2D eigenvalue weighted by molar-refractivity contribution is 0.239. The molecule has 10 heavy (non-hydrogen) atoms. The Balaban J connectivity index is 2.55. The molecule has 0 fully saturated rings. The largest absolute Gasteiger partial charge is 0.355 e. The lowest BCUT2D eigenvalue weighted by atomic mass is 10.7. The predicted molar refractivity (Wildman–Crippen MR) is 54.9 cm³/mol. The van der Waals surface area contributed by atoms with E-state index in [1.807, 2.05) is 11.8 Å². The molecule has 0 saturated carbocycles. The molecule has 1 unspecified atom stereocenters. The maximum Gasteiger partial charge on any atom is 0.134 e. The zero-order valence-corrected chi connectivity index (χ0v) is 9.31. The van der Waals surface area contributed by atoms with Crippen molar-refractivity contribution in [3.8, 4) is 0 Å². The minimum atomic E-state index is 0.492. The van der Waals surface area contributed by atoms with Crippen molar-refractivity contribution in [2.75, 3.05) is 21.1 Å². The highest BCUT2D eigenvalue weighted by Gasteiger charge is 2.22. The van der Waals surface area contributed by atoms with E-state index in [2.05, 4.69) is 59.7 Å². The van der Waals surface area contributed by atoms with Gasteiger partial charge >= 0.3 is 0 Å². The smallest absolute Gasteiger partial charge is 0.134 e. The van der Waals surface area contributed by atoms with Gasteiger partial charge in [-0.2, -0.15) is 0 Å². The summed E-state index contributed by atoms with van der Waals surface area (Å²) in [7, 11) is 6.29. The summed E-state index contributed by atoms with van der Waals surface area (Å²) in [4.78, 5) is 4.42. The third-order valence-electron chi connectivity index (χ3n) is 1.31. The third-order valence-corrected chi connectivity index (χ3v) is 3.65. The number of rotatable bonds is 1. The van der Waals surface area contributed by atoms with Gasteiger partial charge in [0.25, 0.3) is 0 Å². The molecule has 0 aromatic heterocycles. The first-order valence-electron chi connectivity index (χ1n) is 3.03. The average Bonchev–Trinajstić information content (AvgIpc) is 2.10. The second-order valence-electron chi connectivity index (χ2n) is 2.51. The molecule has 0 bridgehead atoms. The van der Waals surface area contributed by atoms with E-state index in [-0.39, 0.29) is 0 Å². The third kappa shape index (κ3) is 1.79. The van der Waals surface area contributed by atoms with E-state index in [1.165, 1.54) is 2.91 Å². The van der Waals surface area contributed by atoms with E-state index < -0.39 is 0 Å². The van der Waals surface area contributed by atoms with Crippen molar-refractivity contribution in [1.29, 1.82) is 0 Å². The van der Waals surface area contributed by atoms with Gasteiger partial charge in [-0.25, -0.2) is 0 Å². The van der Waals surface area contributed by atoms with Crippen LogP contribution in [0.25, 0.3) is 0 Å². The Bertz CT molecular complexity index is 158. The molecule has 1 rings (SSSR count). The average molecular weight is 270 g/mol. The van der Waals surface area contributed by atoms with Gasteiger partial charge in [0.15, 0.2) is 0 Å². The van der Waals surface area contributed by atoms with E-state index in [9.17, 15) is 0 Å². The highest BCUT2D eigenvalue weighted by molar-refractivity contribution is 14.1. The van der Waals surface area contributed by atoms with Crippen LogP contribution in [-0.4, -0.2) is 36.4 Å². The van der Waals surface area contributed by atoms with Crippen LogP contribution in [-0.2, 0) is 0 Å². The molecule has 0 aliphatic carbocycles. The van der Waals surface area contributed by atoms with E-state index in [4.69, 9.17) is 0 Å². The van der Waals surface area contributed by atoms with Gasteiger partial charge in [0.05, 0.1) is 2.91 Å². The van der Waals surface area contributed by atoms with Gasteiger partial charge in [0, 0.05) is 13.2 Å². The quantitative estimate of drug-likeness (QED) is 0.670. The zero-order chi connectivity index (χ0) is 7.72. The van der Waals surface area contributed by atoms with Gasteiger partial charge in [-0.1, -0.05) is 11.8 Å². The van der Waals surface area contributed by atoms with Crippen LogP contribution < -0.4 is 0 Å². The molecule has 0 N–H and O–H groups in total. The van der Waals surface area contributed by atoms with Crippen LogP contribution in [0.15, 0.2) is 9.11 Å². The number of halogens is 1. The number of hydrogen-bond donors (Lipinski definition) is 0. The highest BCUT2D eigenvalue weighted by Crippen LogP contribution is 2.36. The van der Waals surface area contributed by atoms with Gasteiger partial charge in [0.1, 0.15) is 5.50 Å². The normalized spacial score (nSPS) is 25.9. The van der Waals surface area contributed by atoms with Crippen LogP contribution in [0.1, 0.15) is 0 Å². The molecule has 4 heteroatoms. The predicted octanol–water partition coefficient (Wildman–Crippen LogP) is 1.74. The van der Waals surface area contributed by atoms with Crippen molar-refractivity contribution in [3.63, 3.8) is 0 Å². The van der Waals surface area contributed by atoms with Crippen molar-refractivity contribution in [2.45, 2.75) is 5.50 Å². The van der Waals surface area contributed by atoms with Crippen LogP contribution in [0.5, 0.6) is 0 Å². The van der Waals surface area contributed by atoms with Crippen molar-refractivity contribution >= 4 is 34.4 Å². The topological polar surface area (TPSA) is 6.48 Å². The standard InChI is InChI=1S/C6H11IN2S/c1-8(2)6-9(3)4-5(7)10-6/h4,6H,1-3H3. The van der Waals surface area contributed by atoms with E-state index in [0.717, 1.165) is 0 Å². The summed E-state index contributed by atoms with van der Waals surface area (Å²) in [5, 5.41) is 0. The highest BCUT2D eigenvalue weighted by atomic mass is 127. The summed E-state index contributed by atoms with van der Waals surface area (Å²) in [6.45, 7) is 0. The summed E-state index contributed by atoms with van der Waals surface area (Å²) in [6.07, 6.45) is 2.16. The second-order valence-corrected chi connectivity index (χ2v) is 5.50. The van der Waals surface area contributed by atoms with Gasteiger partial charge in [-0.3, -0.25) is 4.90 Å². The molecule has 58 valence electrons. The minimum Gasteiger partial charge on any atom is -0.355 e. The monoisotopic (exact) mass is 270 g/mol. The van der Waals surface area contributed by atoms with Crippen molar-refractivity contribution in [2.24, 2.45) is 0 Å². The Morgan fingerprint density at radius 3 is 2.50 bits per heavy atom. The van der Waals surface area contributed by atoms with Crippen LogP contribution in [0.3, 0.4) is 0 Å². The maximum absolute atomic E-state index is 2.35. The summed E-state index contributed by atoms with van der Waals surface area (Å²) in [5.41, 5.74) is 0.492. The molecule has 0 saturated heterocycles. The summed E-state index contributed by atoms with van der Waals surface area (Å²) < 4.78 is 1.36. The fourth-order valence-electron chi connectivity index (χ4n) is 0.908. The second kappa shape index (κ2) is 3.32. The Morgan fingerprint density at radius 1 is 1.70 bits per heavy atom. The lowest BCUT2D eigenvalue weighted by Crippen LogP contribution is -2.34.